The zero-order chi connectivity index (χ0) is 19.6. The van der Waals surface area contributed by atoms with Crippen molar-refractivity contribution in [1.29, 1.82) is 0 Å². The van der Waals surface area contributed by atoms with Crippen LogP contribution in [0.5, 0.6) is 17.4 Å². The fourth-order valence-corrected chi connectivity index (χ4v) is 3.03. The van der Waals surface area contributed by atoms with E-state index in [1.54, 1.807) is 29.5 Å². The molecule has 3 aromatic rings. The lowest BCUT2D eigenvalue weighted by Crippen LogP contribution is -2.32. The van der Waals surface area contributed by atoms with E-state index in [0.29, 0.717) is 30.5 Å². The van der Waals surface area contributed by atoms with Crippen molar-refractivity contribution < 1.29 is 19.0 Å². The predicted molar refractivity (Wildman–Crippen MR) is 107 cm³/mol. The lowest BCUT2D eigenvalue weighted by molar-refractivity contribution is -0.123. The molecule has 2 heterocycles. The van der Waals surface area contributed by atoms with E-state index < -0.39 is 0 Å². The minimum absolute atomic E-state index is 0.0978. The van der Waals surface area contributed by atoms with Gasteiger partial charge in [0.1, 0.15) is 12.3 Å². The maximum Gasteiger partial charge on any atom is 0.258 e. The Morgan fingerprint density at radius 1 is 1.00 bits per heavy atom. The number of nitrogens with one attached hydrogen (secondary N) is 1. The molecule has 0 atom stereocenters. The maximum absolute atomic E-state index is 11.9. The van der Waals surface area contributed by atoms with E-state index in [9.17, 15) is 4.79 Å². The summed E-state index contributed by atoms with van der Waals surface area (Å²) in [4.78, 5) is 13.0. The van der Waals surface area contributed by atoms with Gasteiger partial charge >= 0.3 is 0 Å². The molecule has 0 aliphatic heterocycles. The standard InChI is InChI=1S/C20H21N3O4S/c1-2-25-16-6-3-4-7-17(16)27-14-19(24)21-11-12-26-20-10-9-15(22-23-20)18-8-5-13-28-18/h3-10,13H,2,11-12,14H2,1H3,(H,21,24). The molecule has 0 saturated carbocycles. The molecule has 146 valence electrons. The van der Waals surface area contributed by atoms with Crippen molar-refractivity contribution in [3.05, 3.63) is 53.9 Å². The van der Waals surface area contributed by atoms with Crippen LogP contribution in [-0.4, -0.2) is 42.5 Å². The van der Waals surface area contributed by atoms with Gasteiger partial charge in [-0.3, -0.25) is 4.79 Å². The van der Waals surface area contributed by atoms with Crippen LogP contribution in [0.4, 0.5) is 0 Å². The SMILES string of the molecule is CCOc1ccccc1OCC(=O)NCCOc1ccc(-c2cccs2)nn1. The van der Waals surface area contributed by atoms with Gasteiger partial charge in [-0.15, -0.1) is 21.5 Å². The summed E-state index contributed by atoms with van der Waals surface area (Å²) < 4.78 is 16.5. The Hall–Kier alpha value is -3.13. The van der Waals surface area contributed by atoms with Crippen molar-refractivity contribution in [1.82, 2.24) is 15.5 Å². The first kappa shape index (κ1) is 19.6. The molecule has 0 spiro atoms. The Morgan fingerprint density at radius 3 is 2.50 bits per heavy atom. The first-order valence-electron chi connectivity index (χ1n) is 8.88. The number of aromatic nitrogens is 2. The number of carbonyl (C=O) groups is 1. The molecule has 1 N–H and O–H groups in total. The lowest BCUT2D eigenvalue weighted by atomic mass is 10.3. The summed E-state index contributed by atoms with van der Waals surface area (Å²) in [5, 5.41) is 12.9. The van der Waals surface area contributed by atoms with Gasteiger partial charge in [-0.1, -0.05) is 18.2 Å². The summed E-state index contributed by atoms with van der Waals surface area (Å²) in [7, 11) is 0. The highest BCUT2D eigenvalue weighted by Gasteiger charge is 2.07. The molecule has 0 saturated heterocycles. The number of ether oxygens (including phenoxy) is 3. The highest BCUT2D eigenvalue weighted by molar-refractivity contribution is 7.13. The Balaban J connectivity index is 1.36. The van der Waals surface area contributed by atoms with Gasteiger partial charge in [-0.05, 0) is 36.6 Å². The Labute approximate surface area is 167 Å². The first-order chi connectivity index (χ1) is 13.8. The van der Waals surface area contributed by atoms with Gasteiger partial charge in [0, 0.05) is 6.07 Å². The molecule has 8 heteroatoms. The zero-order valence-electron chi connectivity index (χ0n) is 15.5. The largest absolute Gasteiger partial charge is 0.490 e. The monoisotopic (exact) mass is 399 g/mol. The van der Waals surface area contributed by atoms with Crippen molar-refractivity contribution in [3.63, 3.8) is 0 Å². The third kappa shape index (κ3) is 5.68. The van der Waals surface area contributed by atoms with Crippen molar-refractivity contribution in [2.75, 3.05) is 26.4 Å². The number of rotatable bonds is 10. The van der Waals surface area contributed by atoms with Crippen LogP contribution in [0.3, 0.4) is 0 Å². The highest BCUT2D eigenvalue weighted by Crippen LogP contribution is 2.26. The predicted octanol–water partition coefficient (Wildman–Crippen LogP) is 3.18. The van der Waals surface area contributed by atoms with Gasteiger partial charge < -0.3 is 19.5 Å². The molecule has 1 amide bonds. The van der Waals surface area contributed by atoms with Crippen LogP contribution in [-0.2, 0) is 4.79 Å². The number of amides is 1. The zero-order valence-corrected chi connectivity index (χ0v) is 16.3. The van der Waals surface area contributed by atoms with Crippen LogP contribution in [0.2, 0.25) is 0 Å². The molecule has 0 aliphatic rings. The number of benzene rings is 1. The molecule has 3 rings (SSSR count). The van der Waals surface area contributed by atoms with Crippen LogP contribution in [0.1, 0.15) is 6.92 Å². The van der Waals surface area contributed by atoms with E-state index in [4.69, 9.17) is 14.2 Å². The van der Waals surface area contributed by atoms with Gasteiger partial charge in [-0.25, -0.2) is 0 Å². The van der Waals surface area contributed by atoms with Crippen LogP contribution < -0.4 is 19.5 Å². The number of hydrogen-bond acceptors (Lipinski definition) is 7. The van der Waals surface area contributed by atoms with Crippen LogP contribution in [0.15, 0.2) is 53.9 Å². The third-order valence-corrected chi connectivity index (χ3v) is 4.49. The number of hydrogen-bond donors (Lipinski definition) is 1. The van der Waals surface area contributed by atoms with E-state index in [1.807, 2.05) is 42.6 Å². The average Bonchev–Trinajstić information content (AvgIpc) is 3.26. The molecule has 0 radical (unpaired) electrons. The fourth-order valence-electron chi connectivity index (χ4n) is 2.34. The van der Waals surface area contributed by atoms with Crippen molar-refractivity contribution >= 4 is 17.2 Å². The summed E-state index contributed by atoms with van der Waals surface area (Å²) in [6.45, 7) is 2.95. The quantitative estimate of drug-likeness (QED) is 0.527. The molecule has 1 aromatic carbocycles. The summed E-state index contributed by atoms with van der Waals surface area (Å²) in [6.07, 6.45) is 0. The van der Waals surface area contributed by atoms with Crippen LogP contribution >= 0.6 is 11.3 Å². The van der Waals surface area contributed by atoms with Crippen molar-refractivity contribution in [2.24, 2.45) is 0 Å². The van der Waals surface area contributed by atoms with Gasteiger partial charge in [0.25, 0.3) is 5.91 Å². The summed E-state index contributed by atoms with van der Waals surface area (Å²) in [5.74, 6) is 1.33. The first-order valence-corrected chi connectivity index (χ1v) is 9.76. The third-order valence-electron chi connectivity index (χ3n) is 3.60. The van der Waals surface area contributed by atoms with Crippen molar-refractivity contribution in [3.8, 4) is 28.0 Å². The topological polar surface area (TPSA) is 82.6 Å². The molecule has 0 aliphatic carbocycles. The molecule has 0 fully saturated rings. The van der Waals surface area contributed by atoms with Gasteiger partial charge in [0.2, 0.25) is 5.88 Å². The minimum atomic E-state index is -0.242. The van der Waals surface area contributed by atoms with E-state index in [2.05, 4.69) is 15.5 Å². The Bertz CT molecular complexity index is 869. The molecule has 2 aromatic heterocycles. The summed E-state index contributed by atoms with van der Waals surface area (Å²) >= 11 is 1.60. The van der Waals surface area contributed by atoms with E-state index in [1.165, 1.54) is 0 Å². The fraction of sp³-hybridized carbons (Fsp3) is 0.250. The molecule has 7 nitrogen and oxygen atoms in total. The smallest absolute Gasteiger partial charge is 0.258 e. The molecular weight excluding hydrogens is 378 g/mol. The van der Waals surface area contributed by atoms with Crippen LogP contribution in [0, 0.1) is 0 Å². The maximum atomic E-state index is 11.9. The van der Waals surface area contributed by atoms with E-state index >= 15 is 0 Å². The Kier molecular flexibility index (Phi) is 7.20. The van der Waals surface area contributed by atoms with Crippen molar-refractivity contribution in [2.45, 2.75) is 6.92 Å². The molecule has 0 unspecified atom stereocenters. The second-order valence-corrected chi connectivity index (χ2v) is 6.55. The Morgan fingerprint density at radius 2 is 1.82 bits per heavy atom. The number of carbonyl (C=O) groups excluding carboxylic acids is 1. The second-order valence-electron chi connectivity index (χ2n) is 5.60. The number of nitrogens with zero attached hydrogens (tertiary/aromatic N) is 2. The van der Waals surface area contributed by atoms with E-state index in [-0.39, 0.29) is 19.1 Å². The lowest BCUT2D eigenvalue weighted by Gasteiger charge is -2.11. The summed E-state index contributed by atoms with van der Waals surface area (Å²) in [5.41, 5.74) is 0.806. The highest BCUT2D eigenvalue weighted by atomic mass is 32.1. The van der Waals surface area contributed by atoms with Gasteiger partial charge in [0.15, 0.2) is 18.1 Å². The summed E-state index contributed by atoms with van der Waals surface area (Å²) in [6, 6.07) is 14.8. The van der Waals surface area contributed by atoms with Crippen LogP contribution in [0.25, 0.3) is 10.6 Å². The molecule has 28 heavy (non-hydrogen) atoms. The van der Waals surface area contributed by atoms with Gasteiger partial charge in [0.05, 0.1) is 18.0 Å². The molecular formula is C20H21N3O4S. The number of thiophene rings is 1. The average molecular weight is 399 g/mol. The van der Waals surface area contributed by atoms with Gasteiger partial charge in [-0.2, -0.15) is 0 Å². The minimum Gasteiger partial charge on any atom is -0.490 e. The normalized spacial score (nSPS) is 10.3. The second kappa shape index (κ2) is 10.3. The molecule has 0 bridgehead atoms. The van der Waals surface area contributed by atoms with E-state index in [0.717, 1.165) is 10.6 Å². The number of para-hydroxylation sites is 2.